The van der Waals surface area contributed by atoms with Crippen LogP contribution in [0.25, 0.3) is 0 Å². The largest absolute Gasteiger partial charge is 1.00 e. The number of benzene rings is 2. The molecular formula is C19H23KO4S. The van der Waals surface area contributed by atoms with Crippen LogP contribution in [0, 0.1) is 0 Å². The van der Waals surface area contributed by atoms with Gasteiger partial charge in [0, 0.05) is 0 Å². The molecule has 130 valence electrons. The summed E-state index contributed by atoms with van der Waals surface area (Å²) in [5.74, 6) is 1.28. The van der Waals surface area contributed by atoms with Crippen LogP contribution in [0.2, 0.25) is 0 Å². The molecule has 2 rings (SSSR count). The van der Waals surface area contributed by atoms with E-state index in [4.69, 9.17) is 4.74 Å². The Morgan fingerprint density at radius 1 is 0.920 bits per heavy atom. The number of unbranched alkanes of at least 4 members (excludes halogenated alkanes) is 4. The van der Waals surface area contributed by atoms with Crippen molar-refractivity contribution in [3.63, 3.8) is 0 Å². The Morgan fingerprint density at radius 3 is 2.20 bits per heavy atom. The summed E-state index contributed by atoms with van der Waals surface area (Å²) in [6.45, 7) is 2.20. The fourth-order valence-corrected chi connectivity index (χ4v) is 3.00. The maximum absolute atomic E-state index is 11.0. The Labute approximate surface area is 193 Å². The molecule has 0 aliphatic heterocycles. The Bertz CT molecular complexity index is 742. The van der Waals surface area contributed by atoms with Crippen molar-refractivity contribution in [2.75, 3.05) is 0 Å². The molecule has 0 N–H and O–H groups in total. The maximum atomic E-state index is 11.0. The molecule has 0 saturated carbocycles. The summed E-state index contributed by atoms with van der Waals surface area (Å²) in [5, 5.41) is 0. The smallest absolute Gasteiger partial charge is 0.744 e. The first-order valence-corrected chi connectivity index (χ1v) is 9.73. The number of ether oxygens (including phenoxy) is 1. The SMILES string of the molecule is CCCCCCCc1ccccc1Oc1ccc(S(=O)(=O)[O-])cc1.[K+]. The zero-order valence-electron chi connectivity index (χ0n) is 14.9. The van der Waals surface area contributed by atoms with Gasteiger partial charge in [-0.25, -0.2) is 8.42 Å². The zero-order valence-corrected chi connectivity index (χ0v) is 18.8. The van der Waals surface area contributed by atoms with Crippen molar-refractivity contribution in [3.05, 3.63) is 54.1 Å². The van der Waals surface area contributed by atoms with Crippen molar-refractivity contribution in [1.29, 1.82) is 0 Å². The Morgan fingerprint density at radius 2 is 1.56 bits per heavy atom. The van der Waals surface area contributed by atoms with Gasteiger partial charge >= 0.3 is 51.4 Å². The summed E-state index contributed by atoms with van der Waals surface area (Å²) >= 11 is 0. The second kappa shape index (κ2) is 11.5. The van der Waals surface area contributed by atoms with Crippen molar-refractivity contribution in [3.8, 4) is 11.5 Å². The molecule has 0 amide bonds. The number of aryl methyl sites for hydroxylation is 1. The van der Waals surface area contributed by atoms with Crippen LogP contribution in [0.4, 0.5) is 0 Å². The van der Waals surface area contributed by atoms with Gasteiger partial charge in [-0.1, -0.05) is 50.8 Å². The molecular weight excluding hydrogens is 363 g/mol. The van der Waals surface area contributed by atoms with Crippen molar-refractivity contribution in [2.45, 2.75) is 50.3 Å². The molecule has 0 radical (unpaired) electrons. The molecule has 6 heteroatoms. The molecule has 0 aliphatic carbocycles. The topological polar surface area (TPSA) is 66.4 Å². The normalized spacial score (nSPS) is 11.0. The molecule has 0 aromatic heterocycles. The van der Waals surface area contributed by atoms with E-state index in [0.717, 1.165) is 24.2 Å². The van der Waals surface area contributed by atoms with E-state index in [9.17, 15) is 13.0 Å². The van der Waals surface area contributed by atoms with Crippen LogP contribution in [0.3, 0.4) is 0 Å². The van der Waals surface area contributed by atoms with Gasteiger partial charge in [0.05, 0.1) is 4.90 Å². The quantitative estimate of drug-likeness (QED) is 0.375. The minimum atomic E-state index is -4.43. The molecule has 4 nitrogen and oxygen atoms in total. The fraction of sp³-hybridized carbons (Fsp3) is 0.368. The summed E-state index contributed by atoms with van der Waals surface area (Å²) in [6, 6.07) is 13.4. The molecule has 0 bridgehead atoms. The average molecular weight is 387 g/mol. The molecule has 0 aliphatic rings. The summed E-state index contributed by atoms with van der Waals surface area (Å²) in [7, 11) is -4.43. The second-order valence-corrected chi connectivity index (χ2v) is 7.18. The summed E-state index contributed by atoms with van der Waals surface area (Å²) < 4.78 is 38.7. The van der Waals surface area contributed by atoms with E-state index in [0.29, 0.717) is 5.75 Å². The van der Waals surface area contributed by atoms with Crippen LogP contribution in [0.5, 0.6) is 11.5 Å². The van der Waals surface area contributed by atoms with Gasteiger partial charge in [0.1, 0.15) is 21.6 Å². The van der Waals surface area contributed by atoms with Gasteiger partial charge in [0.25, 0.3) is 0 Å². The standard InChI is InChI=1S/C19H24O4S.K/c1-2-3-4-5-6-9-16-10-7-8-11-19(16)23-17-12-14-18(15-13-17)24(20,21)22;/h7-8,10-15H,2-6,9H2,1H3,(H,20,21,22);/q;+1/p-1. The average Bonchev–Trinajstić information content (AvgIpc) is 2.56. The molecule has 25 heavy (non-hydrogen) atoms. The van der Waals surface area contributed by atoms with E-state index in [1.54, 1.807) is 0 Å². The molecule has 0 spiro atoms. The monoisotopic (exact) mass is 386 g/mol. The Balaban J connectivity index is 0.00000312. The van der Waals surface area contributed by atoms with Crippen molar-refractivity contribution in [1.82, 2.24) is 0 Å². The second-order valence-electron chi connectivity index (χ2n) is 5.80. The van der Waals surface area contributed by atoms with Crippen molar-refractivity contribution < 1.29 is 69.1 Å². The van der Waals surface area contributed by atoms with Crippen LogP contribution in [-0.2, 0) is 16.5 Å². The molecule has 0 unspecified atom stereocenters. The van der Waals surface area contributed by atoms with E-state index < -0.39 is 10.1 Å². The number of hydrogen-bond donors (Lipinski definition) is 0. The van der Waals surface area contributed by atoms with Gasteiger partial charge in [-0.2, -0.15) is 0 Å². The summed E-state index contributed by atoms with van der Waals surface area (Å²) in [4.78, 5) is -0.251. The fourth-order valence-electron chi connectivity index (χ4n) is 2.53. The minimum absolute atomic E-state index is 0. The van der Waals surface area contributed by atoms with E-state index >= 15 is 0 Å². The first-order valence-electron chi connectivity index (χ1n) is 8.32. The van der Waals surface area contributed by atoms with E-state index in [-0.39, 0.29) is 56.3 Å². The van der Waals surface area contributed by atoms with Crippen molar-refractivity contribution >= 4 is 10.1 Å². The molecule has 0 heterocycles. The zero-order chi connectivity index (χ0) is 17.4. The van der Waals surface area contributed by atoms with Crippen LogP contribution in [0.1, 0.15) is 44.6 Å². The van der Waals surface area contributed by atoms with Gasteiger partial charge in [-0.05, 0) is 48.7 Å². The molecule has 2 aromatic carbocycles. The maximum Gasteiger partial charge on any atom is 1.00 e. The van der Waals surface area contributed by atoms with E-state index in [2.05, 4.69) is 6.92 Å². The van der Waals surface area contributed by atoms with Crippen LogP contribution < -0.4 is 56.1 Å². The van der Waals surface area contributed by atoms with Gasteiger partial charge in [-0.15, -0.1) is 0 Å². The van der Waals surface area contributed by atoms with Crippen molar-refractivity contribution in [2.24, 2.45) is 0 Å². The molecule has 0 fully saturated rings. The predicted molar refractivity (Wildman–Crippen MR) is 93.4 cm³/mol. The summed E-state index contributed by atoms with van der Waals surface area (Å²) in [6.07, 6.45) is 7.03. The predicted octanol–water partition coefficient (Wildman–Crippen LogP) is 1.90. The first-order chi connectivity index (χ1) is 11.5. The molecule has 0 atom stereocenters. The third-order valence-corrected chi connectivity index (χ3v) is 4.71. The van der Waals surface area contributed by atoms with Gasteiger partial charge in [0.15, 0.2) is 0 Å². The Kier molecular flexibility index (Phi) is 10.5. The minimum Gasteiger partial charge on any atom is -0.744 e. The van der Waals surface area contributed by atoms with Gasteiger partial charge < -0.3 is 9.29 Å². The molecule has 2 aromatic rings. The van der Waals surface area contributed by atoms with Crippen LogP contribution in [0.15, 0.2) is 53.4 Å². The number of rotatable bonds is 9. The van der Waals surface area contributed by atoms with Gasteiger partial charge in [-0.3, -0.25) is 0 Å². The third-order valence-electron chi connectivity index (χ3n) is 3.86. The third kappa shape index (κ3) is 7.91. The number of para-hydroxylation sites is 1. The molecule has 0 saturated heterocycles. The number of hydrogen-bond acceptors (Lipinski definition) is 4. The first kappa shape index (κ1) is 22.8. The van der Waals surface area contributed by atoms with E-state index in [1.807, 2.05) is 24.3 Å². The Hall–Kier alpha value is -0.214. The van der Waals surface area contributed by atoms with E-state index in [1.165, 1.54) is 49.9 Å². The summed E-state index contributed by atoms with van der Waals surface area (Å²) in [5.41, 5.74) is 1.13. The van der Waals surface area contributed by atoms with Crippen LogP contribution >= 0.6 is 0 Å². The van der Waals surface area contributed by atoms with Crippen LogP contribution in [-0.4, -0.2) is 13.0 Å². The van der Waals surface area contributed by atoms with Gasteiger partial charge in [0.2, 0.25) is 0 Å².